The van der Waals surface area contributed by atoms with Gasteiger partial charge in [0.2, 0.25) is 5.91 Å². The van der Waals surface area contributed by atoms with Gasteiger partial charge in [-0.2, -0.15) is 0 Å². The number of imide groups is 1. The zero-order chi connectivity index (χ0) is 15.0. The van der Waals surface area contributed by atoms with Crippen LogP contribution in [-0.2, 0) is 4.79 Å². The smallest absolute Gasteiger partial charge is 0.261 e. The second kappa shape index (κ2) is 5.36. The van der Waals surface area contributed by atoms with E-state index in [1.165, 1.54) is 13.1 Å². The molecular formula is C14H15BrN2O3. The third kappa shape index (κ3) is 2.47. The molecular weight excluding hydrogens is 324 g/mol. The molecule has 1 unspecified atom stereocenters. The Bertz CT molecular complexity index is 598. The molecule has 1 atom stereocenters. The molecule has 0 fully saturated rings. The summed E-state index contributed by atoms with van der Waals surface area (Å²) in [5.74, 6) is -0.687. The van der Waals surface area contributed by atoms with Gasteiger partial charge in [0.1, 0.15) is 0 Å². The van der Waals surface area contributed by atoms with Gasteiger partial charge in [0.05, 0.1) is 16.0 Å². The third-order valence-corrected chi connectivity index (χ3v) is 4.67. The zero-order valence-electron chi connectivity index (χ0n) is 11.4. The van der Waals surface area contributed by atoms with Crippen molar-refractivity contribution in [2.75, 3.05) is 12.4 Å². The fourth-order valence-corrected chi connectivity index (χ4v) is 2.07. The summed E-state index contributed by atoms with van der Waals surface area (Å²) in [6.45, 7) is 3.86. The number of anilines is 1. The third-order valence-electron chi connectivity index (χ3n) is 3.19. The molecule has 1 aliphatic rings. The van der Waals surface area contributed by atoms with Gasteiger partial charge in [0.15, 0.2) is 0 Å². The van der Waals surface area contributed by atoms with Crippen LogP contribution in [0, 0.1) is 5.92 Å². The summed E-state index contributed by atoms with van der Waals surface area (Å²) in [6.07, 6.45) is 0. The van der Waals surface area contributed by atoms with Crippen LogP contribution in [0.3, 0.4) is 0 Å². The number of hydrogen-bond donors (Lipinski definition) is 1. The molecule has 0 radical (unpaired) electrons. The summed E-state index contributed by atoms with van der Waals surface area (Å²) in [4.78, 5) is 36.3. The van der Waals surface area contributed by atoms with Crippen molar-refractivity contribution in [1.29, 1.82) is 0 Å². The van der Waals surface area contributed by atoms with Crippen molar-refractivity contribution in [2.45, 2.75) is 18.7 Å². The Morgan fingerprint density at radius 3 is 2.40 bits per heavy atom. The van der Waals surface area contributed by atoms with Crippen LogP contribution in [-0.4, -0.2) is 34.5 Å². The van der Waals surface area contributed by atoms with Gasteiger partial charge < -0.3 is 5.32 Å². The van der Waals surface area contributed by atoms with E-state index in [4.69, 9.17) is 0 Å². The Balaban J connectivity index is 2.24. The molecule has 0 spiro atoms. The molecule has 20 heavy (non-hydrogen) atoms. The standard InChI is InChI=1S/C14H15BrN2O3/c1-7(2)11(15)12(18)16-8-4-5-9-10(6-8)14(20)17(3)13(9)19/h4-7,11H,1-3H3,(H,16,18). The number of nitrogens with zero attached hydrogens (tertiary/aromatic N) is 1. The van der Waals surface area contributed by atoms with E-state index in [1.807, 2.05) is 13.8 Å². The first-order valence-electron chi connectivity index (χ1n) is 6.24. The van der Waals surface area contributed by atoms with Crippen LogP contribution >= 0.6 is 15.9 Å². The summed E-state index contributed by atoms with van der Waals surface area (Å²) in [7, 11) is 1.44. The maximum Gasteiger partial charge on any atom is 0.261 e. The maximum atomic E-state index is 11.9. The monoisotopic (exact) mass is 338 g/mol. The summed E-state index contributed by atoms with van der Waals surface area (Å²) < 4.78 is 0. The van der Waals surface area contributed by atoms with E-state index in [1.54, 1.807) is 12.1 Å². The highest BCUT2D eigenvalue weighted by Crippen LogP contribution is 2.25. The number of amides is 3. The summed E-state index contributed by atoms with van der Waals surface area (Å²) in [6, 6.07) is 4.73. The molecule has 0 bridgehead atoms. The molecule has 1 aromatic rings. The molecule has 1 heterocycles. The van der Waals surface area contributed by atoms with Crippen LogP contribution in [0.5, 0.6) is 0 Å². The quantitative estimate of drug-likeness (QED) is 0.679. The van der Waals surface area contributed by atoms with Gasteiger partial charge in [-0.3, -0.25) is 19.3 Å². The first kappa shape index (κ1) is 14.7. The predicted octanol–water partition coefficient (Wildman–Crippen LogP) is 2.27. The normalized spacial score (nSPS) is 15.6. The molecule has 1 aromatic carbocycles. The van der Waals surface area contributed by atoms with Gasteiger partial charge >= 0.3 is 0 Å². The number of halogens is 1. The molecule has 3 amide bonds. The zero-order valence-corrected chi connectivity index (χ0v) is 13.0. The van der Waals surface area contributed by atoms with Crippen molar-refractivity contribution in [3.8, 4) is 0 Å². The van der Waals surface area contributed by atoms with Gasteiger partial charge in [-0.15, -0.1) is 0 Å². The molecule has 1 aliphatic heterocycles. The highest BCUT2D eigenvalue weighted by atomic mass is 79.9. The van der Waals surface area contributed by atoms with E-state index in [0.717, 1.165) is 4.90 Å². The number of carbonyl (C=O) groups is 3. The molecule has 5 nitrogen and oxygen atoms in total. The van der Waals surface area contributed by atoms with Crippen LogP contribution in [0.25, 0.3) is 0 Å². The van der Waals surface area contributed by atoms with Crippen molar-refractivity contribution in [3.63, 3.8) is 0 Å². The van der Waals surface area contributed by atoms with Crippen molar-refractivity contribution in [3.05, 3.63) is 29.3 Å². The molecule has 0 saturated heterocycles. The first-order chi connectivity index (χ1) is 9.32. The number of fused-ring (bicyclic) bond motifs is 1. The van der Waals surface area contributed by atoms with E-state index >= 15 is 0 Å². The predicted molar refractivity (Wildman–Crippen MR) is 79.0 cm³/mol. The average Bonchev–Trinajstić information content (AvgIpc) is 2.62. The van der Waals surface area contributed by atoms with Crippen LogP contribution in [0.15, 0.2) is 18.2 Å². The Morgan fingerprint density at radius 1 is 1.20 bits per heavy atom. The SMILES string of the molecule is CC(C)C(Br)C(=O)Nc1ccc2c(c1)C(=O)N(C)C2=O. The van der Waals surface area contributed by atoms with E-state index in [0.29, 0.717) is 16.8 Å². The second-order valence-electron chi connectivity index (χ2n) is 5.06. The second-order valence-corrected chi connectivity index (χ2v) is 6.05. The van der Waals surface area contributed by atoms with Gasteiger partial charge in [-0.1, -0.05) is 29.8 Å². The number of nitrogens with one attached hydrogen (secondary N) is 1. The van der Waals surface area contributed by atoms with E-state index in [2.05, 4.69) is 21.2 Å². The van der Waals surface area contributed by atoms with Crippen molar-refractivity contribution in [2.24, 2.45) is 5.92 Å². The lowest BCUT2D eigenvalue weighted by Gasteiger charge is -2.14. The van der Waals surface area contributed by atoms with Crippen LogP contribution in [0.2, 0.25) is 0 Å². The van der Waals surface area contributed by atoms with Crippen LogP contribution in [0.4, 0.5) is 5.69 Å². The minimum Gasteiger partial charge on any atom is -0.325 e. The highest BCUT2D eigenvalue weighted by molar-refractivity contribution is 9.10. The number of alkyl halides is 1. The van der Waals surface area contributed by atoms with Crippen LogP contribution in [0.1, 0.15) is 34.6 Å². The Kier molecular flexibility index (Phi) is 3.94. The fourth-order valence-electron chi connectivity index (χ4n) is 1.95. The Hall–Kier alpha value is -1.69. The van der Waals surface area contributed by atoms with Gasteiger partial charge in [0.25, 0.3) is 11.8 Å². The summed E-state index contributed by atoms with van der Waals surface area (Å²) in [5.41, 5.74) is 1.20. The highest BCUT2D eigenvalue weighted by Gasteiger charge is 2.33. The van der Waals surface area contributed by atoms with E-state index in [9.17, 15) is 14.4 Å². The van der Waals surface area contributed by atoms with Gasteiger partial charge in [-0.25, -0.2) is 0 Å². The lowest BCUT2D eigenvalue weighted by Crippen LogP contribution is -2.27. The van der Waals surface area contributed by atoms with E-state index < -0.39 is 0 Å². The summed E-state index contributed by atoms with van der Waals surface area (Å²) in [5, 5.41) is 2.74. The fraction of sp³-hybridized carbons (Fsp3) is 0.357. The van der Waals surface area contributed by atoms with Crippen molar-refractivity contribution >= 4 is 39.3 Å². The van der Waals surface area contributed by atoms with E-state index in [-0.39, 0.29) is 28.5 Å². The lowest BCUT2D eigenvalue weighted by molar-refractivity contribution is -0.116. The Labute approximate surface area is 125 Å². The Morgan fingerprint density at radius 2 is 1.80 bits per heavy atom. The van der Waals surface area contributed by atoms with Gasteiger partial charge in [-0.05, 0) is 24.1 Å². The number of hydrogen-bond acceptors (Lipinski definition) is 3. The molecule has 106 valence electrons. The molecule has 0 aliphatic carbocycles. The number of rotatable bonds is 3. The largest absolute Gasteiger partial charge is 0.325 e. The molecule has 0 saturated carbocycles. The topological polar surface area (TPSA) is 66.5 Å². The van der Waals surface area contributed by atoms with Crippen LogP contribution < -0.4 is 5.32 Å². The molecule has 0 aromatic heterocycles. The number of benzene rings is 1. The first-order valence-corrected chi connectivity index (χ1v) is 7.16. The molecule has 6 heteroatoms. The summed E-state index contributed by atoms with van der Waals surface area (Å²) >= 11 is 3.32. The lowest BCUT2D eigenvalue weighted by atomic mass is 10.1. The number of carbonyl (C=O) groups excluding carboxylic acids is 3. The van der Waals surface area contributed by atoms with Crippen molar-refractivity contribution < 1.29 is 14.4 Å². The van der Waals surface area contributed by atoms with Crippen molar-refractivity contribution in [1.82, 2.24) is 4.90 Å². The molecule has 2 rings (SSSR count). The minimum atomic E-state index is -0.347. The molecule has 1 N–H and O–H groups in total. The minimum absolute atomic E-state index is 0.152. The maximum absolute atomic E-state index is 11.9. The average molecular weight is 339 g/mol. The van der Waals surface area contributed by atoms with Gasteiger partial charge in [0, 0.05) is 12.7 Å².